The van der Waals surface area contributed by atoms with E-state index in [1.807, 2.05) is 6.07 Å². The van der Waals surface area contributed by atoms with Gasteiger partial charge in [-0.05, 0) is 19.1 Å². The molecule has 1 unspecified atom stereocenters. The molecule has 2 rings (SSSR count). The summed E-state index contributed by atoms with van der Waals surface area (Å²) in [5.41, 5.74) is 1.76. The Kier molecular flexibility index (Phi) is 4.15. The number of pyridine rings is 1. The minimum atomic E-state index is -0.510. The Labute approximate surface area is 110 Å². The first-order valence-electron chi connectivity index (χ1n) is 5.76. The van der Waals surface area contributed by atoms with Crippen molar-refractivity contribution in [3.8, 4) is 11.1 Å². The molecule has 0 saturated carbocycles. The van der Waals surface area contributed by atoms with E-state index in [-0.39, 0.29) is 5.91 Å². The molecule has 1 atom stereocenters. The molecule has 0 radical (unpaired) electrons. The molecule has 2 aromatic heterocycles. The van der Waals surface area contributed by atoms with E-state index in [2.05, 4.69) is 20.3 Å². The van der Waals surface area contributed by atoms with E-state index in [9.17, 15) is 4.79 Å². The van der Waals surface area contributed by atoms with Gasteiger partial charge in [0.15, 0.2) is 0 Å². The first-order chi connectivity index (χ1) is 9.20. The molecule has 1 N–H and O–H groups in total. The topological polar surface area (TPSA) is 77.0 Å². The molecule has 98 valence electrons. The van der Waals surface area contributed by atoms with Crippen molar-refractivity contribution in [2.45, 2.75) is 13.0 Å². The highest BCUT2D eigenvalue weighted by Gasteiger charge is 2.11. The molecule has 0 aliphatic rings. The Morgan fingerprint density at radius 2 is 1.95 bits per heavy atom. The highest BCUT2D eigenvalue weighted by molar-refractivity contribution is 5.93. The fourth-order valence-corrected chi connectivity index (χ4v) is 1.42. The molecule has 0 saturated heterocycles. The summed E-state index contributed by atoms with van der Waals surface area (Å²) >= 11 is 0. The maximum atomic E-state index is 11.6. The van der Waals surface area contributed by atoms with Crippen molar-refractivity contribution < 1.29 is 9.53 Å². The number of amides is 1. The molecule has 0 spiro atoms. The van der Waals surface area contributed by atoms with Crippen LogP contribution in [-0.2, 0) is 9.53 Å². The lowest BCUT2D eigenvalue weighted by Gasteiger charge is -2.09. The predicted octanol–water partition coefficient (Wildman–Crippen LogP) is 1.51. The number of methoxy groups -OCH3 is 1. The number of hydrogen-bond acceptors (Lipinski definition) is 5. The van der Waals surface area contributed by atoms with Crippen molar-refractivity contribution in [1.82, 2.24) is 15.0 Å². The number of ether oxygens (including phenoxy) is 1. The van der Waals surface area contributed by atoms with Crippen molar-refractivity contribution in [2.75, 3.05) is 12.4 Å². The molecule has 2 heterocycles. The zero-order valence-electron chi connectivity index (χ0n) is 10.7. The van der Waals surface area contributed by atoms with Gasteiger partial charge in [0.2, 0.25) is 0 Å². The highest BCUT2D eigenvalue weighted by Crippen LogP contribution is 2.17. The molecule has 0 bridgehead atoms. The second kappa shape index (κ2) is 6.01. The van der Waals surface area contributed by atoms with Crippen LogP contribution in [0.4, 0.5) is 5.82 Å². The van der Waals surface area contributed by atoms with Crippen molar-refractivity contribution >= 4 is 11.7 Å². The quantitative estimate of drug-likeness (QED) is 0.899. The van der Waals surface area contributed by atoms with Gasteiger partial charge in [0.1, 0.15) is 18.2 Å². The smallest absolute Gasteiger partial charge is 0.254 e. The summed E-state index contributed by atoms with van der Waals surface area (Å²) in [5, 5.41) is 2.66. The Morgan fingerprint density at radius 3 is 2.53 bits per heavy atom. The van der Waals surface area contributed by atoms with Crippen molar-refractivity contribution in [2.24, 2.45) is 0 Å². The van der Waals surface area contributed by atoms with Gasteiger partial charge in [-0.25, -0.2) is 15.0 Å². The molecule has 0 aliphatic carbocycles. The summed E-state index contributed by atoms with van der Waals surface area (Å²) in [6.45, 7) is 1.67. The lowest BCUT2D eigenvalue weighted by molar-refractivity contribution is -0.124. The van der Waals surface area contributed by atoms with Crippen LogP contribution >= 0.6 is 0 Å². The van der Waals surface area contributed by atoms with Crippen LogP contribution in [0.25, 0.3) is 11.1 Å². The number of nitrogens with zero attached hydrogens (tertiary/aromatic N) is 3. The lowest BCUT2D eigenvalue weighted by atomic mass is 10.1. The third-order valence-corrected chi connectivity index (χ3v) is 2.63. The first kappa shape index (κ1) is 13.1. The fraction of sp³-hybridized carbons (Fsp3) is 0.231. The van der Waals surface area contributed by atoms with Gasteiger partial charge >= 0.3 is 0 Å². The third kappa shape index (κ3) is 3.32. The van der Waals surface area contributed by atoms with E-state index in [0.717, 1.165) is 11.1 Å². The van der Waals surface area contributed by atoms with Crippen molar-refractivity contribution in [3.63, 3.8) is 0 Å². The van der Waals surface area contributed by atoms with E-state index in [1.54, 1.807) is 31.6 Å². The Morgan fingerprint density at radius 1 is 1.21 bits per heavy atom. The third-order valence-electron chi connectivity index (χ3n) is 2.63. The molecule has 1 amide bonds. The molecule has 0 aromatic carbocycles. The van der Waals surface area contributed by atoms with Gasteiger partial charge in [0.05, 0.1) is 0 Å². The minimum Gasteiger partial charge on any atom is -0.372 e. The highest BCUT2D eigenvalue weighted by atomic mass is 16.5. The second-order valence-electron chi connectivity index (χ2n) is 3.93. The average Bonchev–Trinajstić information content (AvgIpc) is 2.48. The van der Waals surface area contributed by atoms with Crippen LogP contribution in [0, 0.1) is 0 Å². The summed E-state index contributed by atoms with van der Waals surface area (Å²) < 4.78 is 4.92. The van der Waals surface area contributed by atoms with Crippen LogP contribution in [0.5, 0.6) is 0 Å². The largest absolute Gasteiger partial charge is 0.372 e. The second-order valence-corrected chi connectivity index (χ2v) is 3.93. The maximum Gasteiger partial charge on any atom is 0.254 e. The normalized spacial score (nSPS) is 11.9. The van der Waals surface area contributed by atoms with Gasteiger partial charge in [0.25, 0.3) is 5.91 Å². The van der Waals surface area contributed by atoms with Crippen LogP contribution in [0.15, 0.2) is 37.1 Å². The Balaban J connectivity index is 2.09. The van der Waals surface area contributed by atoms with E-state index >= 15 is 0 Å². The number of carbonyl (C=O) groups excluding carboxylic acids is 1. The van der Waals surface area contributed by atoms with E-state index in [1.165, 1.54) is 13.4 Å². The van der Waals surface area contributed by atoms with Crippen molar-refractivity contribution in [1.29, 1.82) is 0 Å². The summed E-state index contributed by atoms with van der Waals surface area (Å²) in [7, 11) is 1.48. The number of rotatable bonds is 4. The molecular weight excluding hydrogens is 244 g/mol. The van der Waals surface area contributed by atoms with E-state index < -0.39 is 6.10 Å². The first-order valence-corrected chi connectivity index (χ1v) is 5.76. The maximum absolute atomic E-state index is 11.6. The summed E-state index contributed by atoms with van der Waals surface area (Å²) in [5.74, 6) is 0.250. The van der Waals surface area contributed by atoms with Gasteiger partial charge in [-0.1, -0.05) is 0 Å². The van der Waals surface area contributed by atoms with Crippen LogP contribution in [-0.4, -0.2) is 34.1 Å². The number of hydrogen-bond donors (Lipinski definition) is 1. The van der Waals surface area contributed by atoms with Crippen LogP contribution in [0.2, 0.25) is 0 Å². The summed E-state index contributed by atoms with van der Waals surface area (Å²) in [6, 6.07) is 3.57. The Hall–Kier alpha value is -2.34. The number of carbonyl (C=O) groups is 1. The molecule has 0 fully saturated rings. The van der Waals surface area contributed by atoms with E-state index in [0.29, 0.717) is 5.82 Å². The van der Waals surface area contributed by atoms with Gasteiger partial charge in [0, 0.05) is 36.8 Å². The van der Waals surface area contributed by atoms with Gasteiger partial charge in [-0.2, -0.15) is 0 Å². The number of anilines is 1. The predicted molar refractivity (Wildman–Crippen MR) is 70.4 cm³/mol. The van der Waals surface area contributed by atoms with Crippen LogP contribution < -0.4 is 5.32 Å². The molecule has 6 nitrogen and oxygen atoms in total. The van der Waals surface area contributed by atoms with Crippen LogP contribution in [0.3, 0.4) is 0 Å². The number of nitrogens with one attached hydrogen (secondary N) is 1. The number of aromatic nitrogens is 3. The van der Waals surface area contributed by atoms with Gasteiger partial charge in [-0.3, -0.25) is 4.79 Å². The molecule has 0 aliphatic heterocycles. The monoisotopic (exact) mass is 258 g/mol. The van der Waals surface area contributed by atoms with Gasteiger partial charge in [-0.15, -0.1) is 0 Å². The molecule has 19 heavy (non-hydrogen) atoms. The lowest BCUT2D eigenvalue weighted by Crippen LogP contribution is -2.26. The molecule has 2 aromatic rings. The van der Waals surface area contributed by atoms with Gasteiger partial charge < -0.3 is 10.1 Å². The fourth-order valence-electron chi connectivity index (χ4n) is 1.42. The Bertz CT molecular complexity index is 542. The summed E-state index contributed by atoms with van der Waals surface area (Å²) in [6.07, 6.45) is 6.03. The van der Waals surface area contributed by atoms with Crippen molar-refractivity contribution in [3.05, 3.63) is 37.1 Å². The molecule has 6 heteroatoms. The standard InChI is InChI=1S/C13H14N4O2/c1-9(19-2)13(18)17-12-4-3-10(7-16-12)11-5-14-8-15-6-11/h3-9H,1-2H3,(H,16,17,18). The SMILES string of the molecule is COC(C)C(=O)Nc1ccc(-c2cncnc2)cn1. The van der Waals surface area contributed by atoms with E-state index in [4.69, 9.17) is 4.74 Å². The average molecular weight is 258 g/mol. The minimum absolute atomic E-state index is 0.231. The summed E-state index contributed by atoms with van der Waals surface area (Å²) in [4.78, 5) is 23.7. The molecular formula is C13H14N4O2. The zero-order valence-corrected chi connectivity index (χ0v) is 10.7. The van der Waals surface area contributed by atoms with Crippen LogP contribution in [0.1, 0.15) is 6.92 Å². The zero-order chi connectivity index (χ0) is 13.7.